The number of aliphatic hydroxyl groups excluding tert-OH is 1. The van der Waals surface area contributed by atoms with E-state index in [0.717, 1.165) is 11.1 Å². The minimum Gasteiger partial charge on any atom is -0.491 e. The summed E-state index contributed by atoms with van der Waals surface area (Å²) in [6, 6.07) is 12.6. The van der Waals surface area contributed by atoms with Gasteiger partial charge < -0.3 is 24.4 Å². The van der Waals surface area contributed by atoms with Gasteiger partial charge in [-0.25, -0.2) is 4.79 Å². The Balaban J connectivity index is 1.78. The molecule has 0 amide bonds. The van der Waals surface area contributed by atoms with E-state index in [9.17, 15) is 9.90 Å². The van der Waals surface area contributed by atoms with E-state index in [2.05, 4.69) is 0 Å². The van der Waals surface area contributed by atoms with Crippen LogP contribution in [0.4, 0.5) is 0 Å². The average Bonchev–Trinajstić information content (AvgIpc) is 2.58. The van der Waals surface area contributed by atoms with Crippen molar-refractivity contribution in [3.05, 3.63) is 53.6 Å². The van der Waals surface area contributed by atoms with Gasteiger partial charge >= 0.3 is 5.97 Å². The van der Waals surface area contributed by atoms with Gasteiger partial charge in [-0.15, -0.1) is 0 Å². The maximum atomic E-state index is 10.5. The summed E-state index contributed by atoms with van der Waals surface area (Å²) in [5, 5.41) is 18.6. The lowest BCUT2D eigenvalue weighted by molar-refractivity contribution is -0.139. The van der Waals surface area contributed by atoms with Crippen LogP contribution in [0.1, 0.15) is 11.1 Å². The Bertz CT molecular complexity index is 696. The lowest BCUT2D eigenvalue weighted by Crippen LogP contribution is -2.25. The number of benzene rings is 2. The summed E-state index contributed by atoms with van der Waals surface area (Å²) in [6.45, 7) is 3.60. The zero-order valence-electron chi connectivity index (χ0n) is 14.3. The molecule has 2 aromatic carbocycles. The molecule has 1 atom stereocenters. The fraction of sp³-hybridized carbons (Fsp3) is 0.316. The van der Waals surface area contributed by atoms with Gasteiger partial charge in [0.2, 0.25) is 0 Å². The first-order valence-electron chi connectivity index (χ1n) is 7.89. The molecule has 0 heterocycles. The van der Waals surface area contributed by atoms with Gasteiger partial charge in [-0.1, -0.05) is 17.7 Å². The SMILES string of the molecule is Cc1ccc(OCC(O)COc2ccc(OCC(=O)O)c(C)c2)cc1. The maximum absolute atomic E-state index is 10.5. The third-order valence-electron chi connectivity index (χ3n) is 3.40. The number of carboxylic acids is 1. The van der Waals surface area contributed by atoms with Crippen LogP contribution < -0.4 is 14.2 Å². The molecule has 0 bridgehead atoms. The highest BCUT2D eigenvalue weighted by atomic mass is 16.5. The summed E-state index contributed by atoms with van der Waals surface area (Å²) in [5.41, 5.74) is 1.89. The molecule has 0 spiro atoms. The average molecular weight is 346 g/mol. The minimum absolute atomic E-state index is 0.0840. The molecule has 2 N–H and O–H groups in total. The van der Waals surface area contributed by atoms with Crippen LogP contribution in [0.2, 0.25) is 0 Å². The smallest absolute Gasteiger partial charge is 0.341 e. The lowest BCUT2D eigenvalue weighted by Gasteiger charge is -2.15. The molecule has 6 nitrogen and oxygen atoms in total. The van der Waals surface area contributed by atoms with E-state index in [1.54, 1.807) is 25.1 Å². The second-order valence-electron chi connectivity index (χ2n) is 5.70. The predicted molar refractivity (Wildman–Crippen MR) is 92.5 cm³/mol. The van der Waals surface area contributed by atoms with Gasteiger partial charge in [0, 0.05) is 0 Å². The summed E-state index contributed by atoms with van der Waals surface area (Å²) < 4.78 is 16.2. The third-order valence-corrected chi connectivity index (χ3v) is 3.40. The maximum Gasteiger partial charge on any atom is 0.341 e. The van der Waals surface area contributed by atoms with Crippen molar-refractivity contribution in [3.63, 3.8) is 0 Å². The van der Waals surface area contributed by atoms with Gasteiger partial charge in [0.1, 0.15) is 36.6 Å². The zero-order chi connectivity index (χ0) is 18.2. The lowest BCUT2D eigenvalue weighted by atomic mass is 10.2. The first-order valence-corrected chi connectivity index (χ1v) is 7.89. The summed E-state index contributed by atoms with van der Waals surface area (Å²) in [5.74, 6) is 0.712. The van der Waals surface area contributed by atoms with Gasteiger partial charge in [0.15, 0.2) is 6.61 Å². The molecule has 0 radical (unpaired) electrons. The molecule has 1 unspecified atom stereocenters. The van der Waals surface area contributed by atoms with E-state index in [1.165, 1.54) is 0 Å². The van der Waals surface area contributed by atoms with Crippen molar-refractivity contribution >= 4 is 5.97 Å². The quantitative estimate of drug-likeness (QED) is 0.726. The van der Waals surface area contributed by atoms with E-state index in [-0.39, 0.29) is 13.2 Å². The molecular formula is C19H22O6. The van der Waals surface area contributed by atoms with E-state index in [4.69, 9.17) is 19.3 Å². The molecule has 25 heavy (non-hydrogen) atoms. The predicted octanol–water partition coefficient (Wildman–Crippen LogP) is 2.59. The van der Waals surface area contributed by atoms with Gasteiger partial charge in [0.25, 0.3) is 0 Å². The molecule has 6 heteroatoms. The van der Waals surface area contributed by atoms with Gasteiger partial charge in [-0.2, -0.15) is 0 Å². The van der Waals surface area contributed by atoms with E-state index in [1.807, 2.05) is 31.2 Å². The summed E-state index contributed by atoms with van der Waals surface area (Å²) >= 11 is 0. The summed E-state index contributed by atoms with van der Waals surface area (Å²) in [7, 11) is 0. The second kappa shape index (κ2) is 8.94. The molecule has 0 aliphatic carbocycles. The fourth-order valence-electron chi connectivity index (χ4n) is 2.08. The van der Waals surface area contributed by atoms with Crippen molar-refractivity contribution < 1.29 is 29.2 Å². The highest BCUT2D eigenvalue weighted by Crippen LogP contribution is 2.23. The Morgan fingerprint density at radius 1 is 0.960 bits per heavy atom. The van der Waals surface area contributed by atoms with Crippen LogP contribution in [0.5, 0.6) is 17.2 Å². The number of aryl methyl sites for hydroxylation is 2. The molecule has 0 aliphatic heterocycles. The molecule has 0 aliphatic rings. The van der Waals surface area contributed by atoms with Crippen molar-refractivity contribution in [1.29, 1.82) is 0 Å². The molecule has 0 saturated carbocycles. The number of hydrogen-bond acceptors (Lipinski definition) is 5. The summed E-state index contributed by atoms with van der Waals surface area (Å²) in [4.78, 5) is 10.5. The number of aliphatic hydroxyl groups is 1. The van der Waals surface area contributed by atoms with Gasteiger partial charge in [-0.3, -0.25) is 0 Å². The first-order chi connectivity index (χ1) is 11.9. The minimum atomic E-state index is -1.03. The first kappa shape index (κ1) is 18.6. The number of rotatable bonds is 9. The van der Waals surface area contributed by atoms with Crippen LogP contribution in [-0.2, 0) is 4.79 Å². The molecule has 0 fully saturated rings. The van der Waals surface area contributed by atoms with Crippen molar-refractivity contribution in [2.45, 2.75) is 20.0 Å². The highest BCUT2D eigenvalue weighted by Gasteiger charge is 2.09. The Morgan fingerprint density at radius 2 is 1.56 bits per heavy atom. The Labute approximate surface area is 146 Å². The third kappa shape index (κ3) is 6.35. The van der Waals surface area contributed by atoms with E-state index in [0.29, 0.717) is 17.2 Å². The highest BCUT2D eigenvalue weighted by molar-refractivity contribution is 5.68. The van der Waals surface area contributed by atoms with Crippen molar-refractivity contribution in [3.8, 4) is 17.2 Å². The zero-order valence-corrected chi connectivity index (χ0v) is 14.3. The molecular weight excluding hydrogens is 324 g/mol. The van der Waals surface area contributed by atoms with Crippen LogP contribution in [-0.4, -0.2) is 42.1 Å². The van der Waals surface area contributed by atoms with Crippen LogP contribution in [0.3, 0.4) is 0 Å². The van der Waals surface area contributed by atoms with Crippen molar-refractivity contribution in [1.82, 2.24) is 0 Å². The number of ether oxygens (including phenoxy) is 3. The number of carboxylic acid groups (broad SMARTS) is 1. The van der Waals surface area contributed by atoms with Gasteiger partial charge in [0.05, 0.1) is 0 Å². The normalized spacial score (nSPS) is 11.6. The Morgan fingerprint density at radius 3 is 2.16 bits per heavy atom. The topological polar surface area (TPSA) is 85.2 Å². The van der Waals surface area contributed by atoms with E-state index < -0.39 is 18.7 Å². The van der Waals surface area contributed by atoms with E-state index >= 15 is 0 Å². The second-order valence-corrected chi connectivity index (χ2v) is 5.70. The monoisotopic (exact) mass is 346 g/mol. The van der Waals surface area contributed by atoms with Crippen LogP contribution >= 0.6 is 0 Å². The van der Waals surface area contributed by atoms with Gasteiger partial charge in [-0.05, 0) is 49.7 Å². The molecule has 2 rings (SSSR count). The Kier molecular flexibility index (Phi) is 6.65. The molecule has 2 aromatic rings. The Hall–Kier alpha value is -2.73. The fourth-order valence-corrected chi connectivity index (χ4v) is 2.08. The van der Waals surface area contributed by atoms with Crippen molar-refractivity contribution in [2.75, 3.05) is 19.8 Å². The number of hydrogen-bond donors (Lipinski definition) is 2. The molecule has 0 saturated heterocycles. The number of carbonyl (C=O) groups is 1. The number of aliphatic carboxylic acids is 1. The molecule has 0 aromatic heterocycles. The largest absolute Gasteiger partial charge is 0.491 e. The van der Waals surface area contributed by atoms with Crippen LogP contribution in [0.15, 0.2) is 42.5 Å². The van der Waals surface area contributed by atoms with Crippen molar-refractivity contribution in [2.24, 2.45) is 0 Å². The molecule has 134 valence electrons. The van der Waals surface area contributed by atoms with Crippen LogP contribution in [0.25, 0.3) is 0 Å². The summed E-state index contributed by atoms with van der Waals surface area (Å²) in [6.07, 6.45) is -0.774. The standard InChI is InChI=1S/C19H22O6/c1-13-3-5-16(6-4-13)23-10-15(20)11-24-17-7-8-18(14(2)9-17)25-12-19(21)22/h3-9,15,20H,10-12H2,1-2H3,(H,21,22). The van der Waals surface area contributed by atoms with Crippen LogP contribution in [0, 0.1) is 13.8 Å².